The van der Waals surface area contributed by atoms with Crippen molar-refractivity contribution in [1.82, 2.24) is 0 Å². The van der Waals surface area contributed by atoms with Crippen LogP contribution in [0.4, 0.5) is 23.2 Å². The summed E-state index contributed by atoms with van der Waals surface area (Å²) in [6.45, 7) is -3.14. The number of amides is 1. The smallest absolute Gasteiger partial charge is 0.387 e. The third-order valence-corrected chi connectivity index (χ3v) is 4.16. The van der Waals surface area contributed by atoms with Gasteiger partial charge in [0.1, 0.15) is 11.6 Å². The Balaban J connectivity index is 2.26. The molecule has 0 fully saturated rings. The molecule has 5 nitrogen and oxygen atoms in total. The van der Waals surface area contributed by atoms with Gasteiger partial charge in [-0.05, 0) is 36.4 Å². The predicted octanol–water partition coefficient (Wildman–Crippen LogP) is 5.16. The molecule has 10 heteroatoms. The van der Waals surface area contributed by atoms with Crippen molar-refractivity contribution >= 4 is 29.4 Å². The monoisotopic (exact) mass is 426 g/mol. The van der Waals surface area contributed by atoms with E-state index in [-0.39, 0.29) is 28.3 Å². The third kappa shape index (κ3) is 6.43. The summed E-state index contributed by atoms with van der Waals surface area (Å²) in [4.78, 5) is 12.7. The van der Waals surface area contributed by atoms with Gasteiger partial charge >= 0.3 is 6.61 Å². The highest BCUT2D eigenvalue weighted by atomic mass is 32.2. The number of nitriles is 1. The fourth-order valence-corrected chi connectivity index (χ4v) is 2.74. The number of rotatable bonds is 8. The van der Waals surface area contributed by atoms with Gasteiger partial charge in [0, 0.05) is 16.1 Å². The van der Waals surface area contributed by atoms with E-state index in [4.69, 9.17) is 4.74 Å². The summed E-state index contributed by atoms with van der Waals surface area (Å²) < 4.78 is 59.5. The molecule has 0 radical (unpaired) electrons. The maximum Gasteiger partial charge on any atom is 0.387 e. The van der Waals surface area contributed by atoms with Crippen molar-refractivity contribution in [3.63, 3.8) is 0 Å². The number of ether oxygens (including phenoxy) is 2. The van der Waals surface area contributed by atoms with Crippen molar-refractivity contribution in [2.45, 2.75) is 17.3 Å². The van der Waals surface area contributed by atoms with E-state index in [1.807, 2.05) is 0 Å². The average molecular weight is 426 g/mol. The summed E-state index contributed by atoms with van der Waals surface area (Å²) in [5, 5.41) is 11.7. The van der Waals surface area contributed by atoms with Crippen molar-refractivity contribution in [1.29, 1.82) is 5.26 Å². The lowest BCUT2D eigenvalue weighted by atomic mass is 10.1. The van der Waals surface area contributed by atoms with Crippen LogP contribution in [0.15, 0.2) is 52.9 Å². The molecule has 0 saturated carbocycles. The van der Waals surface area contributed by atoms with E-state index in [1.165, 1.54) is 49.6 Å². The minimum Gasteiger partial charge on any atom is -0.493 e. The maximum atomic E-state index is 12.7. The molecular weight excluding hydrogens is 412 g/mol. The largest absolute Gasteiger partial charge is 0.493 e. The van der Waals surface area contributed by atoms with Crippen LogP contribution in [-0.4, -0.2) is 25.4 Å². The van der Waals surface area contributed by atoms with E-state index in [2.05, 4.69) is 10.1 Å². The van der Waals surface area contributed by atoms with E-state index in [1.54, 1.807) is 6.07 Å². The van der Waals surface area contributed by atoms with Crippen LogP contribution in [0.3, 0.4) is 0 Å². The molecular formula is C19H14F4N2O3S. The van der Waals surface area contributed by atoms with Gasteiger partial charge in [-0.3, -0.25) is 4.79 Å². The molecule has 1 amide bonds. The topological polar surface area (TPSA) is 71.3 Å². The van der Waals surface area contributed by atoms with Gasteiger partial charge in [-0.25, -0.2) is 0 Å². The second-order valence-corrected chi connectivity index (χ2v) is 6.35. The Hall–Kier alpha value is -3.19. The van der Waals surface area contributed by atoms with Gasteiger partial charge in [0.2, 0.25) is 0 Å². The number of alkyl halides is 4. The number of thioether (sulfide) groups is 1. The lowest BCUT2D eigenvalue weighted by molar-refractivity contribution is -0.112. The van der Waals surface area contributed by atoms with Crippen LogP contribution in [0.25, 0.3) is 6.08 Å². The zero-order chi connectivity index (χ0) is 21.4. The first kappa shape index (κ1) is 22.1. The summed E-state index contributed by atoms with van der Waals surface area (Å²) in [5.41, 5.74) is -0.0760. The van der Waals surface area contributed by atoms with E-state index in [0.29, 0.717) is 16.7 Å². The SMILES string of the molecule is COc1cccc(/C=C(\C#N)C(=O)Nc2ccc(SC(F)F)cc2)c1OC(F)F. The Morgan fingerprint density at radius 3 is 2.41 bits per heavy atom. The molecule has 0 bridgehead atoms. The number of methoxy groups -OCH3 is 1. The lowest BCUT2D eigenvalue weighted by Gasteiger charge is -2.12. The Morgan fingerprint density at radius 1 is 1.17 bits per heavy atom. The van der Waals surface area contributed by atoms with Gasteiger partial charge in [0.15, 0.2) is 11.5 Å². The molecule has 0 aliphatic carbocycles. The van der Waals surface area contributed by atoms with E-state index >= 15 is 0 Å². The number of para-hydroxylation sites is 1. The van der Waals surface area contributed by atoms with Crippen LogP contribution < -0.4 is 14.8 Å². The summed E-state index contributed by atoms with van der Waals surface area (Å²) in [6.07, 6.45) is 1.08. The summed E-state index contributed by atoms with van der Waals surface area (Å²) in [5.74, 6) is -3.70. The third-order valence-electron chi connectivity index (χ3n) is 3.44. The molecule has 0 heterocycles. The Morgan fingerprint density at radius 2 is 1.86 bits per heavy atom. The minimum absolute atomic E-state index is 0.00358. The number of benzene rings is 2. The van der Waals surface area contributed by atoms with E-state index in [9.17, 15) is 27.6 Å². The molecule has 0 aromatic heterocycles. The molecule has 0 aliphatic rings. The Bertz CT molecular complexity index is 928. The standard InChI is InChI=1S/C19H14F4N2O3S/c1-27-15-4-2-3-11(16(15)28-18(20)21)9-12(10-24)17(26)25-13-5-7-14(8-6-13)29-19(22)23/h2-9,18-19H,1H3,(H,25,26)/b12-9+. The van der Waals surface area contributed by atoms with E-state index < -0.39 is 18.3 Å². The number of nitrogens with zero attached hydrogens (tertiary/aromatic N) is 1. The molecule has 0 spiro atoms. The van der Waals surface area contributed by atoms with Gasteiger partial charge in [-0.1, -0.05) is 23.9 Å². The minimum atomic E-state index is -3.14. The molecule has 1 N–H and O–H groups in total. The highest BCUT2D eigenvalue weighted by Crippen LogP contribution is 2.34. The molecule has 2 rings (SSSR count). The fraction of sp³-hybridized carbons (Fsp3) is 0.158. The molecule has 29 heavy (non-hydrogen) atoms. The molecule has 0 atom stereocenters. The first-order valence-corrected chi connectivity index (χ1v) is 8.82. The van der Waals surface area contributed by atoms with Crippen molar-refractivity contribution in [3.8, 4) is 17.6 Å². The maximum absolute atomic E-state index is 12.7. The molecule has 152 valence electrons. The number of carbonyl (C=O) groups is 1. The van der Waals surface area contributed by atoms with Crippen molar-refractivity contribution in [2.24, 2.45) is 0 Å². The van der Waals surface area contributed by atoms with Crippen LogP contribution in [0.2, 0.25) is 0 Å². The highest BCUT2D eigenvalue weighted by Gasteiger charge is 2.17. The van der Waals surface area contributed by atoms with Gasteiger partial charge in [-0.2, -0.15) is 22.8 Å². The first-order chi connectivity index (χ1) is 13.8. The first-order valence-electron chi connectivity index (χ1n) is 7.94. The quantitative estimate of drug-likeness (QED) is 0.273. The van der Waals surface area contributed by atoms with Crippen LogP contribution in [0.1, 0.15) is 5.56 Å². The number of anilines is 1. The summed E-state index contributed by atoms with van der Waals surface area (Å²) in [7, 11) is 1.26. The van der Waals surface area contributed by atoms with Crippen LogP contribution >= 0.6 is 11.8 Å². The molecule has 0 unspecified atom stereocenters. The van der Waals surface area contributed by atoms with Crippen LogP contribution in [-0.2, 0) is 4.79 Å². The van der Waals surface area contributed by atoms with Gasteiger partial charge in [0.25, 0.3) is 11.7 Å². The van der Waals surface area contributed by atoms with Gasteiger partial charge in [-0.15, -0.1) is 0 Å². The molecule has 0 aliphatic heterocycles. The van der Waals surface area contributed by atoms with Crippen molar-refractivity contribution in [2.75, 3.05) is 12.4 Å². The number of halogens is 4. The highest BCUT2D eigenvalue weighted by molar-refractivity contribution is 7.99. The number of hydrogen-bond acceptors (Lipinski definition) is 5. The second-order valence-electron chi connectivity index (χ2n) is 5.28. The second kappa shape index (κ2) is 10.4. The number of hydrogen-bond donors (Lipinski definition) is 1. The van der Waals surface area contributed by atoms with Gasteiger partial charge < -0.3 is 14.8 Å². The summed E-state index contributed by atoms with van der Waals surface area (Å²) >= 11 is 0.352. The van der Waals surface area contributed by atoms with Crippen molar-refractivity contribution < 1.29 is 31.8 Å². The van der Waals surface area contributed by atoms with E-state index in [0.717, 1.165) is 6.08 Å². The number of carbonyl (C=O) groups excluding carboxylic acids is 1. The fourth-order valence-electron chi connectivity index (χ4n) is 2.24. The molecule has 0 saturated heterocycles. The summed E-state index contributed by atoms with van der Waals surface area (Å²) in [6, 6.07) is 11.5. The van der Waals surface area contributed by atoms with Crippen LogP contribution in [0.5, 0.6) is 11.5 Å². The normalized spacial score (nSPS) is 11.3. The van der Waals surface area contributed by atoms with Gasteiger partial charge in [0.05, 0.1) is 7.11 Å². The molecule has 2 aromatic rings. The Labute approximate surface area is 167 Å². The van der Waals surface area contributed by atoms with Crippen LogP contribution in [0, 0.1) is 11.3 Å². The number of nitrogens with one attached hydrogen (secondary N) is 1. The molecule has 2 aromatic carbocycles. The zero-order valence-electron chi connectivity index (χ0n) is 14.9. The Kier molecular flexibility index (Phi) is 7.91. The average Bonchev–Trinajstić information content (AvgIpc) is 2.67. The lowest BCUT2D eigenvalue weighted by Crippen LogP contribution is -2.13. The predicted molar refractivity (Wildman–Crippen MR) is 100 cm³/mol. The zero-order valence-corrected chi connectivity index (χ0v) is 15.7. The van der Waals surface area contributed by atoms with Crippen molar-refractivity contribution in [3.05, 3.63) is 53.6 Å².